The summed E-state index contributed by atoms with van der Waals surface area (Å²) in [6.07, 6.45) is 3.17. The van der Waals surface area contributed by atoms with Crippen LogP contribution in [0.4, 0.5) is 0 Å². The Kier molecular flexibility index (Phi) is 4.98. The summed E-state index contributed by atoms with van der Waals surface area (Å²) in [4.78, 5) is 2.19. The van der Waals surface area contributed by atoms with Gasteiger partial charge in [0.15, 0.2) is 0 Å². The van der Waals surface area contributed by atoms with Gasteiger partial charge in [-0.1, -0.05) is 33.8 Å². The minimum absolute atomic E-state index is 0.0474. The van der Waals surface area contributed by atoms with E-state index < -0.39 is 5.54 Å². The standard InChI is InChI=1S/C15H30N2O/c1-8-15(16)13(17(6)7)12(9-10(2)3)18-14(15)11(4)5/h8,10-14H,1,9,16H2,2-7H3/t12-,13-,14+,15-/m1/s1. The quantitative estimate of drug-likeness (QED) is 0.765. The summed E-state index contributed by atoms with van der Waals surface area (Å²) in [5.74, 6) is 1.00. The number of nitrogens with zero attached hydrogens (tertiary/aromatic N) is 1. The van der Waals surface area contributed by atoms with Gasteiger partial charge in [0.2, 0.25) is 0 Å². The lowest BCUT2D eigenvalue weighted by molar-refractivity contribution is -0.00716. The van der Waals surface area contributed by atoms with Gasteiger partial charge in [0.25, 0.3) is 0 Å². The van der Waals surface area contributed by atoms with Crippen LogP contribution in [0.3, 0.4) is 0 Å². The molecule has 0 aromatic heterocycles. The summed E-state index contributed by atoms with van der Waals surface area (Å²) in [5, 5.41) is 0. The predicted molar refractivity (Wildman–Crippen MR) is 77.5 cm³/mol. The zero-order valence-corrected chi connectivity index (χ0v) is 12.8. The summed E-state index contributed by atoms with van der Waals surface area (Å²) >= 11 is 0. The van der Waals surface area contributed by atoms with E-state index >= 15 is 0 Å². The number of ether oxygens (including phenoxy) is 1. The topological polar surface area (TPSA) is 38.5 Å². The van der Waals surface area contributed by atoms with Gasteiger partial charge >= 0.3 is 0 Å². The van der Waals surface area contributed by atoms with Crippen LogP contribution in [0.15, 0.2) is 12.7 Å². The molecule has 18 heavy (non-hydrogen) atoms. The normalized spacial score (nSPS) is 36.9. The maximum Gasteiger partial charge on any atom is 0.0834 e. The molecule has 0 radical (unpaired) electrons. The molecule has 0 saturated carbocycles. The van der Waals surface area contributed by atoms with Crippen LogP contribution in [0, 0.1) is 11.8 Å². The lowest BCUT2D eigenvalue weighted by atomic mass is 9.79. The Morgan fingerprint density at radius 1 is 1.33 bits per heavy atom. The van der Waals surface area contributed by atoms with Crippen molar-refractivity contribution in [2.45, 2.75) is 57.9 Å². The highest BCUT2D eigenvalue weighted by molar-refractivity contribution is 5.19. The van der Waals surface area contributed by atoms with Crippen molar-refractivity contribution in [2.75, 3.05) is 14.1 Å². The molecule has 0 aromatic rings. The lowest BCUT2D eigenvalue weighted by Crippen LogP contribution is -2.60. The molecule has 2 N–H and O–H groups in total. The third-order valence-corrected chi connectivity index (χ3v) is 3.90. The zero-order chi connectivity index (χ0) is 14.1. The minimum Gasteiger partial charge on any atom is -0.371 e. The van der Waals surface area contributed by atoms with Gasteiger partial charge in [0, 0.05) is 0 Å². The molecule has 0 aromatic carbocycles. The van der Waals surface area contributed by atoms with E-state index in [2.05, 4.69) is 53.3 Å². The first-order valence-electron chi connectivity index (χ1n) is 6.98. The van der Waals surface area contributed by atoms with Crippen molar-refractivity contribution in [2.24, 2.45) is 17.6 Å². The second-order valence-electron chi connectivity index (χ2n) is 6.58. The van der Waals surface area contributed by atoms with Crippen molar-refractivity contribution in [3.8, 4) is 0 Å². The van der Waals surface area contributed by atoms with Gasteiger partial charge in [-0.3, -0.25) is 0 Å². The highest BCUT2D eigenvalue weighted by Crippen LogP contribution is 2.38. The summed E-state index contributed by atoms with van der Waals surface area (Å²) in [7, 11) is 4.16. The van der Waals surface area contributed by atoms with Crippen LogP contribution in [-0.4, -0.2) is 42.8 Å². The van der Waals surface area contributed by atoms with Gasteiger partial charge in [-0.05, 0) is 32.4 Å². The van der Waals surface area contributed by atoms with Crippen LogP contribution in [0.1, 0.15) is 34.1 Å². The molecule has 0 spiro atoms. The Bertz CT molecular complexity index is 288. The average molecular weight is 254 g/mol. The molecule has 0 unspecified atom stereocenters. The molecule has 1 aliphatic rings. The predicted octanol–water partition coefficient (Wildman–Crippen LogP) is 2.27. The molecule has 1 fully saturated rings. The first-order valence-corrected chi connectivity index (χ1v) is 6.98. The van der Waals surface area contributed by atoms with Crippen molar-refractivity contribution in [1.82, 2.24) is 4.90 Å². The van der Waals surface area contributed by atoms with E-state index in [-0.39, 0.29) is 18.2 Å². The smallest absolute Gasteiger partial charge is 0.0834 e. The molecule has 3 nitrogen and oxygen atoms in total. The second kappa shape index (κ2) is 5.72. The first-order chi connectivity index (χ1) is 8.24. The minimum atomic E-state index is -0.461. The Balaban J connectivity index is 3.06. The molecule has 0 aliphatic carbocycles. The van der Waals surface area contributed by atoms with Gasteiger partial charge in [-0.2, -0.15) is 0 Å². The van der Waals surface area contributed by atoms with Crippen LogP contribution >= 0.6 is 0 Å². The van der Waals surface area contributed by atoms with Crippen LogP contribution in [-0.2, 0) is 4.74 Å². The van der Waals surface area contributed by atoms with Gasteiger partial charge in [-0.15, -0.1) is 6.58 Å². The second-order valence-corrected chi connectivity index (χ2v) is 6.58. The van der Waals surface area contributed by atoms with Crippen molar-refractivity contribution in [3.05, 3.63) is 12.7 Å². The maximum atomic E-state index is 6.63. The largest absolute Gasteiger partial charge is 0.371 e. The third-order valence-electron chi connectivity index (χ3n) is 3.90. The van der Waals surface area contributed by atoms with Crippen LogP contribution < -0.4 is 5.73 Å². The van der Waals surface area contributed by atoms with E-state index in [1.165, 1.54) is 0 Å². The Morgan fingerprint density at radius 2 is 1.89 bits per heavy atom. The summed E-state index contributed by atoms with van der Waals surface area (Å²) in [5.41, 5.74) is 6.17. The summed E-state index contributed by atoms with van der Waals surface area (Å²) < 4.78 is 6.28. The van der Waals surface area contributed by atoms with E-state index in [0.717, 1.165) is 6.42 Å². The van der Waals surface area contributed by atoms with Crippen LogP contribution in [0.25, 0.3) is 0 Å². The number of nitrogens with two attached hydrogens (primary N) is 1. The summed E-state index contributed by atoms with van der Waals surface area (Å²) in [6, 6.07) is 0.199. The molecular weight excluding hydrogens is 224 g/mol. The van der Waals surface area contributed by atoms with Crippen molar-refractivity contribution < 1.29 is 4.74 Å². The van der Waals surface area contributed by atoms with Crippen LogP contribution in [0.5, 0.6) is 0 Å². The third kappa shape index (κ3) is 2.79. The van der Waals surface area contributed by atoms with E-state index in [1.807, 2.05) is 6.08 Å². The number of hydrogen-bond donors (Lipinski definition) is 1. The first kappa shape index (κ1) is 15.7. The zero-order valence-electron chi connectivity index (χ0n) is 12.8. The van der Waals surface area contributed by atoms with Gasteiger partial charge in [-0.25, -0.2) is 0 Å². The molecule has 0 amide bonds. The molecule has 1 saturated heterocycles. The Morgan fingerprint density at radius 3 is 2.22 bits per heavy atom. The fourth-order valence-electron chi connectivity index (χ4n) is 3.27. The van der Waals surface area contributed by atoms with E-state index in [4.69, 9.17) is 10.5 Å². The van der Waals surface area contributed by atoms with Crippen molar-refractivity contribution in [1.29, 1.82) is 0 Å². The van der Waals surface area contributed by atoms with Crippen molar-refractivity contribution >= 4 is 0 Å². The van der Waals surface area contributed by atoms with E-state index in [0.29, 0.717) is 11.8 Å². The molecule has 1 rings (SSSR count). The Hall–Kier alpha value is -0.380. The fourth-order valence-corrected chi connectivity index (χ4v) is 3.27. The molecule has 4 atom stereocenters. The number of hydrogen-bond acceptors (Lipinski definition) is 3. The average Bonchev–Trinajstić information content (AvgIpc) is 2.51. The fraction of sp³-hybridized carbons (Fsp3) is 0.867. The molecule has 0 bridgehead atoms. The molecular formula is C15H30N2O. The highest BCUT2D eigenvalue weighted by atomic mass is 16.5. The number of likely N-dealkylation sites (N-methyl/N-ethyl adjacent to an activating group) is 1. The van der Waals surface area contributed by atoms with E-state index in [9.17, 15) is 0 Å². The molecule has 106 valence electrons. The monoisotopic (exact) mass is 254 g/mol. The van der Waals surface area contributed by atoms with Gasteiger partial charge in [0.1, 0.15) is 0 Å². The Labute approximate surface area is 112 Å². The molecule has 3 heteroatoms. The SMILES string of the molecule is C=C[C@]1(N)[C@H](C(C)C)O[C@H](CC(C)C)[C@H]1N(C)C. The van der Waals surface area contributed by atoms with E-state index in [1.54, 1.807) is 0 Å². The van der Waals surface area contributed by atoms with Crippen LogP contribution in [0.2, 0.25) is 0 Å². The maximum absolute atomic E-state index is 6.63. The molecule has 1 heterocycles. The molecule has 1 aliphatic heterocycles. The van der Waals surface area contributed by atoms with Gasteiger partial charge < -0.3 is 15.4 Å². The summed E-state index contributed by atoms with van der Waals surface area (Å²) in [6.45, 7) is 12.7. The van der Waals surface area contributed by atoms with Crippen molar-refractivity contribution in [3.63, 3.8) is 0 Å². The highest BCUT2D eigenvalue weighted by Gasteiger charge is 2.54. The van der Waals surface area contributed by atoms with Gasteiger partial charge in [0.05, 0.1) is 23.8 Å². The lowest BCUT2D eigenvalue weighted by Gasteiger charge is -2.37. The number of rotatable bonds is 5.